The number of rotatable bonds is 13. The van der Waals surface area contributed by atoms with Crippen molar-refractivity contribution in [3.05, 3.63) is 71.9 Å². The van der Waals surface area contributed by atoms with Gasteiger partial charge in [-0.25, -0.2) is 4.79 Å². The van der Waals surface area contributed by atoms with Gasteiger partial charge in [0.2, 0.25) is 17.7 Å². The van der Waals surface area contributed by atoms with Crippen LogP contribution < -0.4 is 21.7 Å². The minimum atomic E-state index is -1.65. The first-order chi connectivity index (χ1) is 18.6. The summed E-state index contributed by atoms with van der Waals surface area (Å²) in [6, 6.07) is 11.1. The number of hydrogen-bond donors (Lipinski definition) is 8. The lowest BCUT2D eigenvalue weighted by molar-refractivity contribution is -0.145. The van der Waals surface area contributed by atoms with E-state index >= 15 is 0 Å². The topological polar surface area (TPSA) is 207 Å². The van der Waals surface area contributed by atoms with E-state index in [0.717, 1.165) is 16.5 Å². The van der Waals surface area contributed by atoms with Crippen LogP contribution in [0, 0.1) is 0 Å². The standard InChI is InChI=1S/C27H33N5O7/c1-15(34)23(27(38)39)32-26(37)22(14-33)31-25(36)21(11-16-7-3-2-4-8-16)30-24(35)19(28)12-17-13-29-20-10-6-5-9-18(17)20/h2-10,13,15,19,21-23,29,33-34H,11-12,14,28H2,1H3,(H,30,35)(H,31,36)(H,32,37)(H,38,39). The number of para-hydroxylation sites is 1. The number of carbonyl (C=O) groups is 4. The zero-order chi connectivity index (χ0) is 28.5. The maximum Gasteiger partial charge on any atom is 0.328 e. The van der Waals surface area contributed by atoms with Crippen molar-refractivity contribution in [2.75, 3.05) is 6.61 Å². The summed E-state index contributed by atoms with van der Waals surface area (Å²) in [5.41, 5.74) is 8.64. The van der Waals surface area contributed by atoms with Gasteiger partial charge in [-0.2, -0.15) is 0 Å². The average molecular weight is 540 g/mol. The van der Waals surface area contributed by atoms with E-state index in [9.17, 15) is 34.5 Å². The molecular weight excluding hydrogens is 506 g/mol. The Hall–Kier alpha value is -4.26. The van der Waals surface area contributed by atoms with Crippen LogP contribution >= 0.6 is 0 Å². The van der Waals surface area contributed by atoms with Gasteiger partial charge in [0.1, 0.15) is 12.1 Å². The number of aliphatic carboxylic acids is 1. The molecule has 39 heavy (non-hydrogen) atoms. The van der Waals surface area contributed by atoms with Gasteiger partial charge in [0.05, 0.1) is 18.8 Å². The normalized spacial score (nSPS) is 15.0. The van der Waals surface area contributed by atoms with E-state index in [-0.39, 0.29) is 12.8 Å². The van der Waals surface area contributed by atoms with Gasteiger partial charge in [-0.3, -0.25) is 14.4 Å². The van der Waals surface area contributed by atoms with E-state index in [1.54, 1.807) is 36.5 Å². The van der Waals surface area contributed by atoms with E-state index in [2.05, 4.69) is 20.9 Å². The number of aromatic nitrogens is 1. The van der Waals surface area contributed by atoms with E-state index in [0.29, 0.717) is 5.56 Å². The van der Waals surface area contributed by atoms with Gasteiger partial charge in [0.25, 0.3) is 0 Å². The summed E-state index contributed by atoms with van der Waals surface area (Å²) in [5, 5.41) is 36.5. The van der Waals surface area contributed by atoms with Crippen molar-refractivity contribution in [2.45, 2.75) is 50.0 Å². The number of carboxylic acid groups (broad SMARTS) is 1. The molecule has 0 saturated heterocycles. The second-order valence-corrected chi connectivity index (χ2v) is 9.23. The molecule has 0 bridgehead atoms. The van der Waals surface area contributed by atoms with Gasteiger partial charge in [-0.1, -0.05) is 48.5 Å². The number of amides is 3. The van der Waals surface area contributed by atoms with Gasteiger partial charge in [-0.15, -0.1) is 0 Å². The smallest absolute Gasteiger partial charge is 0.328 e. The molecule has 3 amide bonds. The fourth-order valence-corrected chi connectivity index (χ4v) is 4.08. The molecule has 0 spiro atoms. The van der Waals surface area contributed by atoms with E-state index < -0.39 is 60.6 Å². The van der Waals surface area contributed by atoms with Crippen molar-refractivity contribution >= 4 is 34.6 Å². The number of aliphatic hydroxyl groups excluding tert-OH is 2. The Morgan fingerprint density at radius 1 is 0.872 bits per heavy atom. The molecule has 12 heteroatoms. The van der Waals surface area contributed by atoms with Crippen molar-refractivity contribution in [2.24, 2.45) is 5.73 Å². The van der Waals surface area contributed by atoms with Crippen LogP contribution in [0.4, 0.5) is 0 Å². The number of carboxylic acids is 1. The summed E-state index contributed by atoms with van der Waals surface area (Å²) in [5.74, 6) is -3.88. The molecule has 0 saturated carbocycles. The summed E-state index contributed by atoms with van der Waals surface area (Å²) < 4.78 is 0. The number of hydrogen-bond acceptors (Lipinski definition) is 7. The lowest BCUT2D eigenvalue weighted by atomic mass is 10.0. The lowest BCUT2D eigenvalue weighted by Gasteiger charge is -2.25. The molecule has 1 aromatic heterocycles. The Bertz CT molecular complexity index is 1290. The first-order valence-electron chi connectivity index (χ1n) is 12.4. The summed E-state index contributed by atoms with van der Waals surface area (Å²) in [4.78, 5) is 53.2. The van der Waals surface area contributed by atoms with Crippen LogP contribution in [0.15, 0.2) is 60.8 Å². The third kappa shape index (κ3) is 7.87. The van der Waals surface area contributed by atoms with Gasteiger partial charge in [0.15, 0.2) is 6.04 Å². The summed E-state index contributed by atoms with van der Waals surface area (Å²) in [6.45, 7) is 0.326. The van der Waals surface area contributed by atoms with Gasteiger partial charge in [-0.05, 0) is 30.5 Å². The maximum atomic E-state index is 13.2. The van der Waals surface area contributed by atoms with Gasteiger partial charge >= 0.3 is 5.97 Å². The monoisotopic (exact) mass is 539 g/mol. The highest BCUT2D eigenvalue weighted by molar-refractivity contribution is 5.94. The zero-order valence-corrected chi connectivity index (χ0v) is 21.3. The van der Waals surface area contributed by atoms with Crippen molar-refractivity contribution in [1.29, 1.82) is 0 Å². The van der Waals surface area contributed by atoms with Crippen molar-refractivity contribution in [1.82, 2.24) is 20.9 Å². The molecule has 3 aromatic rings. The largest absolute Gasteiger partial charge is 0.480 e. The molecule has 0 aliphatic rings. The van der Waals surface area contributed by atoms with Crippen LogP contribution in [-0.4, -0.2) is 80.9 Å². The van der Waals surface area contributed by atoms with Crippen LogP contribution in [0.2, 0.25) is 0 Å². The SMILES string of the molecule is CC(O)C(NC(=O)C(CO)NC(=O)C(Cc1ccccc1)NC(=O)C(N)Cc1c[nH]c2ccccc12)C(=O)O. The van der Waals surface area contributed by atoms with Crippen LogP contribution in [0.1, 0.15) is 18.1 Å². The van der Waals surface area contributed by atoms with E-state index in [4.69, 9.17) is 5.73 Å². The van der Waals surface area contributed by atoms with Gasteiger partial charge in [0, 0.05) is 23.5 Å². The van der Waals surface area contributed by atoms with Crippen molar-refractivity contribution in [3.8, 4) is 0 Å². The number of fused-ring (bicyclic) bond motifs is 1. The van der Waals surface area contributed by atoms with E-state index in [1.165, 1.54) is 6.92 Å². The van der Waals surface area contributed by atoms with Crippen LogP contribution in [-0.2, 0) is 32.0 Å². The third-order valence-corrected chi connectivity index (χ3v) is 6.23. The predicted molar refractivity (Wildman–Crippen MR) is 142 cm³/mol. The van der Waals surface area contributed by atoms with Crippen molar-refractivity contribution < 1.29 is 34.5 Å². The highest BCUT2D eigenvalue weighted by atomic mass is 16.4. The molecule has 9 N–H and O–H groups in total. The molecule has 5 unspecified atom stereocenters. The number of H-pyrrole nitrogens is 1. The van der Waals surface area contributed by atoms with Crippen LogP contribution in [0.5, 0.6) is 0 Å². The molecule has 5 atom stereocenters. The fraction of sp³-hybridized carbons (Fsp3) is 0.333. The first kappa shape index (κ1) is 29.3. The summed E-state index contributed by atoms with van der Waals surface area (Å²) in [6.07, 6.45) is 0.607. The Morgan fingerprint density at radius 3 is 2.13 bits per heavy atom. The highest BCUT2D eigenvalue weighted by Crippen LogP contribution is 2.19. The Balaban J connectivity index is 1.73. The van der Waals surface area contributed by atoms with Crippen molar-refractivity contribution in [3.63, 3.8) is 0 Å². The molecule has 1 heterocycles. The van der Waals surface area contributed by atoms with E-state index in [1.807, 2.05) is 24.3 Å². The molecular formula is C27H33N5O7. The number of carbonyl (C=O) groups excluding carboxylic acids is 3. The van der Waals surface area contributed by atoms with Crippen LogP contribution in [0.25, 0.3) is 10.9 Å². The first-order valence-corrected chi connectivity index (χ1v) is 12.4. The second kappa shape index (κ2) is 13.5. The number of aliphatic hydroxyl groups is 2. The number of aromatic amines is 1. The number of nitrogens with two attached hydrogens (primary N) is 1. The molecule has 208 valence electrons. The minimum absolute atomic E-state index is 0.0589. The third-order valence-electron chi connectivity index (χ3n) is 6.23. The quantitative estimate of drug-likeness (QED) is 0.137. The molecule has 0 fully saturated rings. The average Bonchev–Trinajstić information content (AvgIpc) is 3.32. The zero-order valence-electron chi connectivity index (χ0n) is 21.3. The molecule has 3 rings (SSSR count). The molecule has 0 aliphatic carbocycles. The maximum absolute atomic E-state index is 13.2. The fourth-order valence-electron chi connectivity index (χ4n) is 4.08. The summed E-state index contributed by atoms with van der Waals surface area (Å²) in [7, 11) is 0. The van der Waals surface area contributed by atoms with Gasteiger partial charge < -0.3 is 42.0 Å². The minimum Gasteiger partial charge on any atom is -0.480 e. The molecule has 0 radical (unpaired) electrons. The second-order valence-electron chi connectivity index (χ2n) is 9.23. The lowest BCUT2D eigenvalue weighted by Crippen LogP contribution is -2.59. The Labute approximate surface area is 224 Å². The molecule has 12 nitrogen and oxygen atoms in total. The Morgan fingerprint density at radius 2 is 1.49 bits per heavy atom. The molecule has 0 aliphatic heterocycles. The number of benzene rings is 2. The summed E-state index contributed by atoms with van der Waals surface area (Å²) >= 11 is 0. The molecule has 2 aromatic carbocycles. The van der Waals surface area contributed by atoms with Crippen LogP contribution in [0.3, 0.4) is 0 Å². The highest BCUT2D eigenvalue weighted by Gasteiger charge is 2.31. The predicted octanol–water partition coefficient (Wildman–Crippen LogP) is -0.807. The number of nitrogens with one attached hydrogen (secondary N) is 4. The Kier molecular flexibility index (Phi) is 10.1.